The molecule has 1 nitrogen and oxygen atoms in total. The molecule has 0 aliphatic heterocycles. The molecule has 0 saturated heterocycles. The molecule has 0 amide bonds. The Kier molecular flexibility index (Phi) is 3.37. The molecule has 1 N–H and O–H groups in total. The van der Waals surface area contributed by atoms with Crippen molar-refractivity contribution in [2.24, 2.45) is 5.92 Å². The van der Waals surface area contributed by atoms with Crippen LogP contribution in [0.5, 0.6) is 0 Å². The second kappa shape index (κ2) is 3.52. The normalized spacial score (nSPS) is 15.0. The van der Waals surface area contributed by atoms with Gasteiger partial charge in [-0.25, -0.2) is 8.78 Å². The van der Waals surface area contributed by atoms with E-state index in [0.29, 0.717) is 0 Å². The Balaban J connectivity index is 5.14. The van der Waals surface area contributed by atoms with Gasteiger partial charge < -0.3 is 5.11 Å². The van der Waals surface area contributed by atoms with E-state index in [1.807, 2.05) is 0 Å². The van der Waals surface area contributed by atoms with Gasteiger partial charge in [0.05, 0.1) is 0 Å². The molecule has 0 fully saturated rings. The van der Waals surface area contributed by atoms with Crippen molar-refractivity contribution in [2.75, 3.05) is 6.61 Å². The number of rotatable bonds is 2. The van der Waals surface area contributed by atoms with Crippen LogP contribution in [0.2, 0.25) is 0 Å². The molecule has 0 atom stereocenters. The number of halogens is 8. The van der Waals surface area contributed by atoms with Crippen molar-refractivity contribution in [3.63, 3.8) is 0 Å². The number of hydrogen-bond donors (Lipinski definition) is 1. The molecule has 0 rings (SSSR count). The van der Waals surface area contributed by atoms with E-state index in [9.17, 15) is 35.1 Å². The standard InChI is InChI=1S/C5H4F8O/c6-3(7,1-14)2(4(8,9)10)5(11,12)13/h2,14H,1H2. The summed E-state index contributed by atoms with van der Waals surface area (Å²) in [5.41, 5.74) is 0. The molecule has 14 heavy (non-hydrogen) atoms. The van der Waals surface area contributed by atoms with Crippen LogP contribution < -0.4 is 0 Å². The van der Waals surface area contributed by atoms with Crippen LogP contribution in [0.4, 0.5) is 35.1 Å². The smallest absolute Gasteiger partial charge is 0.390 e. The summed E-state index contributed by atoms with van der Waals surface area (Å²) in [6.07, 6.45) is -12.3. The Morgan fingerprint density at radius 1 is 0.786 bits per heavy atom. The molecule has 0 aliphatic carbocycles. The molecule has 0 aromatic heterocycles. The predicted molar refractivity (Wildman–Crippen MR) is 27.6 cm³/mol. The van der Waals surface area contributed by atoms with Crippen LogP contribution in [0.1, 0.15) is 0 Å². The average Bonchev–Trinajstić information content (AvgIpc) is 1.79. The van der Waals surface area contributed by atoms with Crippen LogP contribution >= 0.6 is 0 Å². The maximum absolute atomic E-state index is 12.1. The SMILES string of the molecule is OCC(F)(F)C(C(F)(F)F)C(F)(F)F. The molecular weight excluding hydrogens is 228 g/mol. The van der Waals surface area contributed by atoms with Gasteiger partial charge in [-0.15, -0.1) is 0 Å². The fraction of sp³-hybridized carbons (Fsp3) is 1.00. The van der Waals surface area contributed by atoms with Crippen molar-refractivity contribution in [2.45, 2.75) is 18.3 Å². The zero-order valence-electron chi connectivity index (χ0n) is 6.26. The number of aliphatic hydroxyl groups excluding tert-OH is 1. The molecular formula is C5H4F8O. The van der Waals surface area contributed by atoms with Crippen molar-refractivity contribution in [3.05, 3.63) is 0 Å². The van der Waals surface area contributed by atoms with E-state index in [1.54, 1.807) is 0 Å². The predicted octanol–water partition coefficient (Wildman–Crippen LogP) is 2.35. The van der Waals surface area contributed by atoms with Gasteiger partial charge in [0, 0.05) is 0 Å². The highest BCUT2D eigenvalue weighted by Gasteiger charge is 2.68. The third kappa shape index (κ3) is 2.96. The third-order valence-electron chi connectivity index (χ3n) is 1.29. The molecule has 0 spiro atoms. The number of alkyl halides is 8. The lowest BCUT2D eigenvalue weighted by Crippen LogP contribution is -2.50. The maximum Gasteiger partial charge on any atom is 0.406 e. The first-order valence-corrected chi connectivity index (χ1v) is 3.05. The highest BCUT2D eigenvalue weighted by atomic mass is 19.4. The third-order valence-corrected chi connectivity index (χ3v) is 1.29. The topological polar surface area (TPSA) is 20.2 Å². The van der Waals surface area contributed by atoms with Gasteiger partial charge in [0.2, 0.25) is 5.92 Å². The molecule has 0 saturated carbocycles. The van der Waals surface area contributed by atoms with Crippen LogP contribution in [-0.4, -0.2) is 30.0 Å². The van der Waals surface area contributed by atoms with E-state index >= 15 is 0 Å². The van der Waals surface area contributed by atoms with Gasteiger partial charge in [-0.1, -0.05) is 0 Å². The second-order valence-corrected chi connectivity index (χ2v) is 2.44. The van der Waals surface area contributed by atoms with Crippen molar-refractivity contribution in [3.8, 4) is 0 Å². The van der Waals surface area contributed by atoms with Gasteiger partial charge in [-0.3, -0.25) is 0 Å². The minimum atomic E-state index is -6.15. The summed E-state index contributed by atoms with van der Waals surface area (Å²) >= 11 is 0. The van der Waals surface area contributed by atoms with Crippen LogP contribution in [0.15, 0.2) is 0 Å². The minimum absolute atomic E-state index is 2.52. The van der Waals surface area contributed by atoms with Gasteiger partial charge in [0.25, 0.3) is 5.92 Å². The minimum Gasteiger partial charge on any atom is -0.390 e. The van der Waals surface area contributed by atoms with Gasteiger partial charge in [0.15, 0.2) is 0 Å². The van der Waals surface area contributed by atoms with Gasteiger partial charge in [0.1, 0.15) is 6.61 Å². The summed E-state index contributed by atoms with van der Waals surface area (Å²) in [6, 6.07) is 0. The molecule has 9 heteroatoms. The Hall–Kier alpha value is -0.600. The van der Waals surface area contributed by atoms with Gasteiger partial charge >= 0.3 is 12.4 Å². The highest BCUT2D eigenvalue weighted by molar-refractivity contribution is 4.87. The van der Waals surface area contributed by atoms with E-state index in [-0.39, 0.29) is 0 Å². The summed E-state index contributed by atoms with van der Waals surface area (Å²) in [5, 5.41) is 7.74. The van der Waals surface area contributed by atoms with E-state index in [0.717, 1.165) is 0 Å². The average molecular weight is 232 g/mol. The zero-order chi connectivity index (χ0) is 11.8. The Bertz CT molecular complexity index is 177. The summed E-state index contributed by atoms with van der Waals surface area (Å²) in [7, 11) is 0. The lowest BCUT2D eigenvalue weighted by atomic mass is 10.0. The molecule has 86 valence electrons. The van der Waals surface area contributed by atoms with E-state index < -0.39 is 30.8 Å². The van der Waals surface area contributed by atoms with E-state index in [1.165, 1.54) is 0 Å². The van der Waals surface area contributed by atoms with Gasteiger partial charge in [-0.05, 0) is 0 Å². The van der Waals surface area contributed by atoms with Gasteiger partial charge in [-0.2, -0.15) is 26.3 Å². The molecule has 0 heterocycles. The van der Waals surface area contributed by atoms with Crippen LogP contribution in [0.25, 0.3) is 0 Å². The zero-order valence-corrected chi connectivity index (χ0v) is 6.26. The summed E-state index contributed by atoms with van der Waals surface area (Å²) < 4.78 is 93.8. The van der Waals surface area contributed by atoms with E-state index in [2.05, 4.69) is 0 Å². The van der Waals surface area contributed by atoms with Crippen LogP contribution in [-0.2, 0) is 0 Å². The Morgan fingerprint density at radius 2 is 1.07 bits per heavy atom. The molecule has 0 aliphatic rings. The fourth-order valence-electron chi connectivity index (χ4n) is 0.756. The summed E-state index contributed by atoms with van der Waals surface area (Å²) in [6.45, 7) is -2.52. The first-order valence-electron chi connectivity index (χ1n) is 3.05. The van der Waals surface area contributed by atoms with Crippen molar-refractivity contribution in [1.29, 1.82) is 0 Å². The first kappa shape index (κ1) is 13.4. The van der Waals surface area contributed by atoms with Crippen LogP contribution in [0, 0.1) is 5.92 Å². The van der Waals surface area contributed by atoms with Crippen LogP contribution in [0.3, 0.4) is 0 Å². The Labute approximate surface area is 72.3 Å². The largest absolute Gasteiger partial charge is 0.406 e. The molecule has 0 bridgehead atoms. The van der Waals surface area contributed by atoms with Crippen molar-refractivity contribution in [1.82, 2.24) is 0 Å². The molecule has 0 aromatic carbocycles. The van der Waals surface area contributed by atoms with Crippen molar-refractivity contribution < 1.29 is 40.2 Å². The molecule has 0 unspecified atom stereocenters. The Morgan fingerprint density at radius 3 is 1.14 bits per heavy atom. The maximum atomic E-state index is 12.1. The molecule has 0 radical (unpaired) electrons. The first-order chi connectivity index (χ1) is 5.93. The summed E-state index contributed by atoms with van der Waals surface area (Å²) in [5.74, 6) is -10.1. The lowest BCUT2D eigenvalue weighted by molar-refractivity contribution is -0.342. The highest BCUT2D eigenvalue weighted by Crippen LogP contribution is 2.47. The number of hydrogen-bond acceptors (Lipinski definition) is 1. The van der Waals surface area contributed by atoms with Crippen molar-refractivity contribution >= 4 is 0 Å². The number of aliphatic hydroxyl groups is 1. The fourth-order valence-corrected chi connectivity index (χ4v) is 0.756. The second-order valence-electron chi connectivity index (χ2n) is 2.44. The summed E-state index contributed by atoms with van der Waals surface area (Å²) in [4.78, 5) is 0. The monoisotopic (exact) mass is 232 g/mol. The lowest BCUT2D eigenvalue weighted by Gasteiger charge is -2.28. The quantitative estimate of drug-likeness (QED) is 0.724. The molecule has 0 aromatic rings. The van der Waals surface area contributed by atoms with E-state index in [4.69, 9.17) is 5.11 Å².